The van der Waals surface area contributed by atoms with Crippen LogP contribution in [-0.2, 0) is 15.1 Å². The highest BCUT2D eigenvalue weighted by Crippen LogP contribution is 2.31. The SMILES string of the molecule is CCCCCCCCCCC[N+](C)(C)CCOC(=O)C(O)(c1ccccc1)c1ccccc1.[Br-]. The van der Waals surface area contributed by atoms with E-state index in [9.17, 15) is 9.90 Å². The quantitative estimate of drug-likeness (QED) is 0.205. The molecule has 1 N–H and O–H groups in total. The van der Waals surface area contributed by atoms with E-state index in [4.69, 9.17) is 4.74 Å². The Morgan fingerprint density at radius 3 is 1.68 bits per heavy atom. The van der Waals surface area contributed by atoms with Crippen molar-refractivity contribution in [3.63, 3.8) is 0 Å². The summed E-state index contributed by atoms with van der Waals surface area (Å²) in [6, 6.07) is 18.1. The first-order valence-electron chi connectivity index (χ1n) is 12.7. The largest absolute Gasteiger partial charge is 1.00 e. The molecule has 0 aromatic heterocycles. The smallest absolute Gasteiger partial charge is 0.347 e. The van der Waals surface area contributed by atoms with Crippen molar-refractivity contribution in [2.45, 2.75) is 70.3 Å². The van der Waals surface area contributed by atoms with Gasteiger partial charge in [-0.1, -0.05) is 113 Å². The fraction of sp³-hybridized carbons (Fsp3) is 0.552. The molecule has 0 saturated carbocycles. The Labute approximate surface area is 217 Å². The van der Waals surface area contributed by atoms with Crippen LogP contribution in [0.1, 0.15) is 75.8 Å². The molecule has 0 amide bonds. The van der Waals surface area contributed by atoms with Gasteiger partial charge in [0.1, 0.15) is 13.2 Å². The fourth-order valence-corrected chi connectivity index (χ4v) is 4.21. The van der Waals surface area contributed by atoms with Crippen molar-refractivity contribution in [1.82, 2.24) is 0 Å². The lowest BCUT2D eigenvalue weighted by atomic mass is 9.86. The lowest BCUT2D eigenvalue weighted by Gasteiger charge is -2.31. The number of hydrogen-bond donors (Lipinski definition) is 1. The van der Waals surface area contributed by atoms with Gasteiger partial charge in [-0.05, 0) is 24.0 Å². The van der Waals surface area contributed by atoms with Crippen molar-refractivity contribution < 1.29 is 36.1 Å². The Morgan fingerprint density at radius 2 is 1.21 bits per heavy atom. The Balaban J connectivity index is 0.00000578. The third-order valence-electron chi connectivity index (χ3n) is 6.48. The molecule has 0 unspecified atom stereocenters. The molecule has 0 heterocycles. The van der Waals surface area contributed by atoms with Gasteiger partial charge in [-0.25, -0.2) is 4.79 Å². The van der Waals surface area contributed by atoms with E-state index in [0.29, 0.717) is 11.1 Å². The number of carbonyl (C=O) groups excluding carboxylic acids is 1. The number of nitrogens with zero attached hydrogens (tertiary/aromatic N) is 1. The first-order chi connectivity index (χ1) is 15.9. The number of quaternary nitrogens is 1. The molecule has 0 aliphatic heterocycles. The van der Waals surface area contributed by atoms with Crippen LogP contribution in [0.3, 0.4) is 0 Å². The van der Waals surface area contributed by atoms with Gasteiger partial charge in [-0.3, -0.25) is 0 Å². The zero-order valence-corrected chi connectivity index (χ0v) is 22.9. The molecule has 0 spiro atoms. The maximum absolute atomic E-state index is 13.1. The lowest BCUT2D eigenvalue weighted by Crippen LogP contribution is -3.00. The first kappa shape index (κ1) is 30.3. The number of carbonyl (C=O) groups is 1. The van der Waals surface area contributed by atoms with Gasteiger partial charge >= 0.3 is 5.97 Å². The van der Waals surface area contributed by atoms with E-state index in [1.54, 1.807) is 24.3 Å². The van der Waals surface area contributed by atoms with E-state index in [0.717, 1.165) is 17.6 Å². The number of halogens is 1. The third-order valence-corrected chi connectivity index (χ3v) is 6.48. The van der Waals surface area contributed by atoms with Crippen LogP contribution in [0.25, 0.3) is 0 Å². The molecular weight excluding hydrogens is 490 g/mol. The summed E-state index contributed by atoms with van der Waals surface area (Å²) in [6.45, 7) is 4.33. The second-order valence-electron chi connectivity index (χ2n) is 9.79. The van der Waals surface area contributed by atoms with Crippen LogP contribution >= 0.6 is 0 Å². The predicted molar refractivity (Wildman–Crippen MR) is 136 cm³/mol. The molecule has 0 radical (unpaired) electrons. The summed E-state index contributed by atoms with van der Waals surface area (Å²) >= 11 is 0. The second kappa shape index (κ2) is 16.1. The number of rotatable bonds is 16. The van der Waals surface area contributed by atoms with Gasteiger partial charge in [0.15, 0.2) is 0 Å². The Kier molecular flexibility index (Phi) is 14.3. The highest BCUT2D eigenvalue weighted by molar-refractivity contribution is 5.85. The van der Waals surface area contributed by atoms with Crippen LogP contribution in [0.15, 0.2) is 60.7 Å². The highest BCUT2D eigenvalue weighted by atomic mass is 79.9. The standard InChI is InChI=1S/C29H44NO3.BrH/c1-4-5-6-7-8-9-10-11-18-23-30(2,3)24-25-33-28(31)29(32,26-19-14-12-15-20-26)27-21-16-13-17-22-27;/h12-17,19-22,32H,4-11,18,23-25H2,1-3H3;1H/q+1;/p-1. The molecular formula is C29H44BrNO3. The molecule has 0 saturated heterocycles. The van der Waals surface area contributed by atoms with Crippen LogP contribution < -0.4 is 17.0 Å². The highest BCUT2D eigenvalue weighted by Gasteiger charge is 2.41. The number of unbranched alkanes of at least 4 members (excludes halogenated alkanes) is 8. The molecule has 2 rings (SSSR count). The maximum atomic E-state index is 13.1. The number of likely N-dealkylation sites (N-methyl/N-ethyl adjacent to an activating group) is 1. The molecule has 2 aromatic carbocycles. The van der Waals surface area contributed by atoms with Gasteiger partial charge in [-0.15, -0.1) is 0 Å². The lowest BCUT2D eigenvalue weighted by molar-refractivity contribution is -0.890. The fourth-order valence-electron chi connectivity index (χ4n) is 4.21. The summed E-state index contributed by atoms with van der Waals surface area (Å²) in [4.78, 5) is 13.1. The van der Waals surface area contributed by atoms with E-state index in [2.05, 4.69) is 21.0 Å². The normalized spacial score (nSPS) is 11.6. The number of hydrogen-bond acceptors (Lipinski definition) is 3. The van der Waals surface area contributed by atoms with E-state index in [1.807, 2.05) is 36.4 Å². The Hall–Kier alpha value is -1.69. The molecule has 0 aliphatic carbocycles. The van der Waals surface area contributed by atoms with E-state index in [1.165, 1.54) is 57.8 Å². The first-order valence-corrected chi connectivity index (χ1v) is 12.7. The van der Waals surface area contributed by atoms with E-state index in [-0.39, 0.29) is 23.6 Å². The van der Waals surface area contributed by atoms with Gasteiger partial charge in [-0.2, -0.15) is 0 Å². The summed E-state index contributed by atoms with van der Waals surface area (Å²) in [5, 5.41) is 11.5. The van der Waals surface area contributed by atoms with Gasteiger partial charge in [0, 0.05) is 0 Å². The zero-order valence-electron chi connectivity index (χ0n) is 21.3. The topological polar surface area (TPSA) is 46.5 Å². The van der Waals surface area contributed by atoms with Crippen molar-refractivity contribution >= 4 is 5.97 Å². The average Bonchev–Trinajstić information content (AvgIpc) is 2.83. The third kappa shape index (κ3) is 9.89. The number of ether oxygens (including phenoxy) is 1. The number of aliphatic hydroxyl groups is 1. The van der Waals surface area contributed by atoms with Crippen LogP contribution in [0, 0.1) is 0 Å². The Morgan fingerprint density at radius 1 is 0.765 bits per heavy atom. The molecule has 0 atom stereocenters. The number of benzene rings is 2. The van der Waals surface area contributed by atoms with Crippen molar-refractivity contribution in [3.05, 3.63) is 71.8 Å². The number of esters is 1. The van der Waals surface area contributed by atoms with Gasteiger partial charge < -0.3 is 31.3 Å². The summed E-state index contributed by atoms with van der Waals surface area (Å²) in [7, 11) is 4.36. The average molecular weight is 535 g/mol. The van der Waals surface area contributed by atoms with Crippen molar-refractivity contribution in [2.75, 3.05) is 33.8 Å². The van der Waals surface area contributed by atoms with Crippen molar-refractivity contribution in [1.29, 1.82) is 0 Å². The molecule has 190 valence electrons. The minimum absolute atomic E-state index is 0. The van der Waals surface area contributed by atoms with Gasteiger partial charge in [0.2, 0.25) is 5.60 Å². The summed E-state index contributed by atoms with van der Waals surface area (Å²) in [5.74, 6) is -0.622. The summed E-state index contributed by atoms with van der Waals surface area (Å²) in [6.07, 6.45) is 11.9. The van der Waals surface area contributed by atoms with Crippen LogP contribution in [-0.4, -0.2) is 49.4 Å². The minimum atomic E-state index is -1.81. The molecule has 5 heteroatoms. The zero-order chi connectivity index (χ0) is 24.0. The molecule has 2 aromatic rings. The van der Waals surface area contributed by atoms with E-state index >= 15 is 0 Å². The van der Waals surface area contributed by atoms with Crippen molar-refractivity contribution in [2.24, 2.45) is 0 Å². The minimum Gasteiger partial charge on any atom is -1.00 e. The molecule has 0 bridgehead atoms. The summed E-state index contributed by atoms with van der Waals surface area (Å²) in [5.41, 5.74) is -0.772. The molecule has 34 heavy (non-hydrogen) atoms. The Bertz CT molecular complexity index is 756. The predicted octanol–water partition coefficient (Wildman–Crippen LogP) is 3.08. The maximum Gasteiger partial charge on any atom is 0.347 e. The second-order valence-corrected chi connectivity index (χ2v) is 9.79. The van der Waals surface area contributed by atoms with Gasteiger partial charge in [0.25, 0.3) is 0 Å². The van der Waals surface area contributed by atoms with E-state index < -0.39 is 11.6 Å². The van der Waals surface area contributed by atoms with Crippen LogP contribution in [0.2, 0.25) is 0 Å². The molecule has 4 nitrogen and oxygen atoms in total. The van der Waals surface area contributed by atoms with Crippen LogP contribution in [0.5, 0.6) is 0 Å². The van der Waals surface area contributed by atoms with Gasteiger partial charge in [0.05, 0.1) is 20.6 Å². The van der Waals surface area contributed by atoms with Crippen LogP contribution in [0.4, 0.5) is 0 Å². The summed E-state index contributed by atoms with van der Waals surface area (Å²) < 4.78 is 6.44. The molecule has 0 aliphatic rings. The van der Waals surface area contributed by atoms with Crippen molar-refractivity contribution in [3.8, 4) is 0 Å². The molecule has 0 fully saturated rings. The monoisotopic (exact) mass is 533 g/mol.